The first kappa shape index (κ1) is 20.4. The lowest BCUT2D eigenvalue weighted by molar-refractivity contribution is -0.139. The van der Waals surface area contributed by atoms with Crippen LogP contribution < -0.4 is 0 Å². The first-order valence-electron chi connectivity index (χ1n) is 6.24. The second-order valence-corrected chi connectivity index (χ2v) is 3.71. The van der Waals surface area contributed by atoms with Gasteiger partial charge in [-0.2, -0.15) is 0 Å². The van der Waals surface area contributed by atoms with E-state index >= 15 is 0 Å². The second kappa shape index (κ2) is 13.5. The molecule has 20 heavy (non-hydrogen) atoms. The van der Waals surface area contributed by atoms with Crippen molar-refractivity contribution in [2.45, 2.75) is 26.4 Å². The SMILES string of the molecule is C=C.C=C(C)C(=O)OCC1CO1.C=CC(=O)OCCC. The van der Waals surface area contributed by atoms with Crippen LogP contribution in [0.15, 0.2) is 38.0 Å². The maximum absolute atomic E-state index is 10.7. The molecule has 5 nitrogen and oxygen atoms in total. The Hall–Kier alpha value is -1.88. The highest BCUT2D eigenvalue weighted by Gasteiger charge is 2.24. The molecule has 0 aliphatic carbocycles. The fourth-order valence-electron chi connectivity index (χ4n) is 0.718. The number of esters is 2. The highest BCUT2D eigenvalue weighted by molar-refractivity contribution is 5.86. The number of epoxide rings is 1. The van der Waals surface area contributed by atoms with Crippen LogP contribution in [0.1, 0.15) is 20.3 Å². The first-order chi connectivity index (χ1) is 9.51. The van der Waals surface area contributed by atoms with Crippen molar-refractivity contribution >= 4 is 11.9 Å². The maximum atomic E-state index is 10.7. The Kier molecular flexibility index (Phi) is 13.8. The molecule has 0 aromatic rings. The number of carbonyl (C=O) groups is 2. The predicted octanol–water partition coefficient (Wildman–Crippen LogP) is 2.43. The Morgan fingerprint density at radius 3 is 2.25 bits per heavy atom. The molecule has 0 saturated carbocycles. The molecule has 0 N–H and O–H groups in total. The molecule has 1 atom stereocenters. The molecule has 0 radical (unpaired) electrons. The molecule has 114 valence electrons. The smallest absolute Gasteiger partial charge is 0.333 e. The summed E-state index contributed by atoms with van der Waals surface area (Å²) in [7, 11) is 0. The molecule has 0 spiro atoms. The lowest BCUT2D eigenvalue weighted by Gasteiger charge is -1.99. The highest BCUT2D eigenvalue weighted by Crippen LogP contribution is 2.09. The van der Waals surface area contributed by atoms with E-state index in [2.05, 4.69) is 31.1 Å². The molecule has 1 aliphatic rings. The predicted molar refractivity (Wildman–Crippen MR) is 78.2 cm³/mol. The van der Waals surface area contributed by atoms with Gasteiger partial charge in [0.05, 0.1) is 13.2 Å². The normalized spacial score (nSPS) is 14.4. The zero-order valence-corrected chi connectivity index (χ0v) is 12.4. The largest absolute Gasteiger partial charge is 0.463 e. The van der Waals surface area contributed by atoms with Crippen molar-refractivity contribution in [3.8, 4) is 0 Å². The number of hydrogen-bond donors (Lipinski definition) is 0. The van der Waals surface area contributed by atoms with Crippen LogP contribution in [0.4, 0.5) is 0 Å². The molecule has 0 aromatic carbocycles. The maximum Gasteiger partial charge on any atom is 0.333 e. The van der Waals surface area contributed by atoms with E-state index in [0.29, 0.717) is 25.4 Å². The fourth-order valence-corrected chi connectivity index (χ4v) is 0.718. The summed E-state index contributed by atoms with van der Waals surface area (Å²) in [5, 5.41) is 0. The van der Waals surface area contributed by atoms with Crippen molar-refractivity contribution in [3.05, 3.63) is 38.0 Å². The third-order valence-corrected chi connectivity index (χ3v) is 1.77. The van der Waals surface area contributed by atoms with Crippen LogP contribution in [0.25, 0.3) is 0 Å². The van der Waals surface area contributed by atoms with Crippen LogP contribution in [0.5, 0.6) is 0 Å². The minimum Gasteiger partial charge on any atom is -0.463 e. The van der Waals surface area contributed by atoms with Gasteiger partial charge < -0.3 is 14.2 Å². The Morgan fingerprint density at radius 2 is 1.90 bits per heavy atom. The van der Waals surface area contributed by atoms with Crippen LogP contribution in [0, 0.1) is 0 Å². The molecular weight excluding hydrogens is 260 g/mol. The Balaban J connectivity index is 0. The lowest BCUT2D eigenvalue weighted by atomic mass is 10.4. The molecule has 1 unspecified atom stereocenters. The van der Waals surface area contributed by atoms with Gasteiger partial charge in [0, 0.05) is 11.6 Å². The van der Waals surface area contributed by atoms with E-state index in [9.17, 15) is 9.59 Å². The van der Waals surface area contributed by atoms with Crippen molar-refractivity contribution < 1.29 is 23.8 Å². The van der Waals surface area contributed by atoms with Crippen LogP contribution >= 0.6 is 0 Å². The molecule has 1 heterocycles. The number of carbonyl (C=O) groups excluding carboxylic acids is 2. The van der Waals surface area contributed by atoms with E-state index in [1.54, 1.807) is 6.92 Å². The summed E-state index contributed by atoms with van der Waals surface area (Å²) in [6, 6.07) is 0. The summed E-state index contributed by atoms with van der Waals surface area (Å²) in [6.45, 7) is 17.8. The van der Waals surface area contributed by atoms with Gasteiger partial charge in [-0.25, -0.2) is 9.59 Å². The molecule has 0 bridgehead atoms. The standard InChI is InChI=1S/C7H10O3.C6H10O2.C2H4/c1-5(2)7(8)10-4-6-3-9-6;1-3-5-8-6(7)4-2;1-2/h6H,1,3-4H2,2H3;4H,2-3,5H2,1H3;1-2H2. The van der Waals surface area contributed by atoms with Gasteiger partial charge >= 0.3 is 11.9 Å². The van der Waals surface area contributed by atoms with Gasteiger partial charge in [0.1, 0.15) is 12.7 Å². The third-order valence-electron chi connectivity index (χ3n) is 1.77. The van der Waals surface area contributed by atoms with Gasteiger partial charge in [0.15, 0.2) is 0 Å². The molecule has 5 heteroatoms. The monoisotopic (exact) mass is 284 g/mol. The average Bonchev–Trinajstić information content (AvgIpc) is 3.29. The van der Waals surface area contributed by atoms with E-state index < -0.39 is 0 Å². The molecule has 0 amide bonds. The summed E-state index contributed by atoms with van der Waals surface area (Å²) in [4.78, 5) is 20.9. The number of ether oxygens (including phenoxy) is 3. The summed E-state index contributed by atoms with van der Waals surface area (Å²) < 4.78 is 14.2. The zero-order valence-electron chi connectivity index (χ0n) is 12.4. The van der Waals surface area contributed by atoms with Gasteiger partial charge in [0.2, 0.25) is 0 Å². The summed E-state index contributed by atoms with van der Waals surface area (Å²) in [5.41, 5.74) is 0.431. The van der Waals surface area contributed by atoms with E-state index in [4.69, 9.17) is 9.47 Å². The average molecular weight is 284 g/mol. The lowest BCUT2D eigenvalue weighted by Crippen LogP contribution is -2.09. The Labute approximate surface area is 120 Å². The number of rotatable bonds is 6. The van der Waals surface area contributed by atoms with Crippen molar-refractivity contribution in [1.82, 2.24) is 0 Å². The van der Waals surface area contributed by atoms with Crippen LogP contribution in [-0.2, 0) is 23.8 Å². The van der Waals surface area contributed by atoms with Crippen molar-refractivity contribution in [3.63, 3.8) is 0 Å². The van der Waals surface area contributed by atoms with Gasteiger partial charge in [0.25, 0.3) is 0 Å². The molecule has 0 aromatic heterocycles. The van der Waals surface area contributed by atoms with Crippen molar-refractivity contribution in [2.75, 3.05) is 19.8 Å². The van der Waals surface area contributed by atoms with Crippen LogP contribution in [-0.4, -0.2) is 37.9 Å². The van der Waals surface area contributed by atoms with Crippen LogP contribution in [0.2, 0.25) is 0 Å². The second-order valence-electron chi connectivity index (χ2n) is 3.71. The van der Waals surface area contributed by atoms with E-state index in [0.717, 1.165) is 12.5 Å². The first-order valence-corrected chi connectivity index (χ1v) is 6.24. The minimum atomic E-state index is -0.341. The van der Waals surface area contributed by atoms with Crippen molar-refractivity contribution in [2.24, 2.45) is 0 Å². The molecule has 1 fully saturated rings. The fraction of sp³-hybridized carbons (Fsp3) is 0.467. The van der Waals surface area contributed by atoms with Crippen molar-refractivity contribution in [1.29, 1.82) is 0 Å². The zero-order chi connectivity index (χ0) is 16.0. The minimum absolute atomic E-state index is 0.142. The van der Waals surface area contributed by atoms with Crippen LogP contribution in [0.3, 0.4) is 0 Å². The summed E-state index contributed by atoms with van der Waals surface area (Å²) in [6.07, 6.45) is 2.16. The quantitative estimate of drug-likeness (QED) is 0.324. The van der Waals surface area contributed by atoms with Gasteiger partial charge in [-0.3, -0.25) is 0 Å². The molecule has 1 rings (SSSR count). The summed E-state index contributed by atoms with van der Waals surface area (Å²) in [5.74, 6) is -0.678. The van der Waals surface area contributed by atoms with Gasteiger partial charge in [-0.1, -0.05) is 20.1 Å². The van der Waals surface area contributed by atoms with Gasteiger partial charge in [-0.05, 0) is 13.3 Å². The Morgan fingerprint density at radius 1 is 1.35 bits per heavy atom. The Bertz CT molecular complexity index is 318. The molecule has 1 aliphatic heterocycles. The third kappa shape index (κ3) is 14.2. The van der Waals surface area contributed by atoms with E-state index in [-0.39, 0.29) is 18.0 Å². The highest BCUT2D eigenvalue weighted by atomic mass is 16.6. The topological polar surface area (TPSA) is 65.1 Å². The van der Waals surface area contributed by atoms with E-state index in [1.807, 2.05) is 6.92 Å². The summed E-state index contributed by atoms with van der Waals surface area (Å²) >= 11 is 0. The van der Waals surface area contributed by atoms with Gasteiger partial charge in [-0.15, -0.1) is 13.2 Å². The van der Waals surface area contributed by atoms with E-state index in [1.165, 1.54) is 0 Å². The molecular formula is C15H24O5. The molecule has 1 saturated heterocycles. The number of hydrogen-bond acceptors (Lipinski definition) is 5.